The van der Waals surface area contributed by atoms with Gasteiger partial charge < -0.3 is 15.1 Å². The SMILES string of the molecule is CCCCNc1ncc(Br)c(NC2CCCC(O[Si](C)(C)C(C)(C)C)CCC2)n1. The molecule has 0 spiro atoms. The van der Waals surface area contributed by atoms with Crippen molar-refractivity contribution in [2.45, 2.75) is 109 Å². The first-order valence-corrected chi connectivity index (χ1v) is 15.0. The van der Waals surface area contributed by atoms with Gasteiger partial charge in [-0.1, -0.05) is 34.1 Å². The molecule has 1 fully saturated rings. The number of hydrogen-bond acceptors (Lipinski definition) is 5. The van der Waals surface area contributed by atoms with Crippen molar-refractivity contribution in [1.82, 2.24) is 9.97 Å². The number of hydrogen-bond donors (Lipinski definition) is 2. The van der Waals surface area contributed by atoms with E-state index >= 15 is 0 Å². The van der Waals surface area contributed by atoms with Gasteiger partial charge in [0.2, 0.25) is 5.95 Å². The van der Waals surface area contributed by atoms with E-state index in [0.29, 0.717) is 18.1 Å². The van der Waals surface area contributed by atoms with Gasteiger partial charge >= 0.3 is 0 Å². The normalized spacial score (nSPS) is 21.3. The van der Waals surface area contributed by atoms with E-state index in [1.807, 2.05) is 6.20 Å². The fourth-order valence-electron chi connectivity index (χ4n) is 3.45. The molecule has 0 aliphatic heterocycles. The average molecular weight is 486 g/mol. The molecule has 166 valence electrons. The molecular weight excluding hydrogens is 444 g/mol. The minimum atomic E-state index is -1.68. The van der Waals surface area contributed by atoms with Crippen LogP contribution in [0.15, 0.2) is 10.7 Å². The summed E-state index contributed by atoms with van der Waals surface area (Å²) in [5.41, 5.74) is 0. The lowest BCUT2D eigenvalue weighted by molar-refractivity contribution is 0.147. The van der Waals surface area contributed by atoms with Crippen LogP contribution in [0.1, 0.15) is 79.1 Å². The number of anilines is 2. The molecule has 1 aliphatic carbocycles. The van der Waals surface area contributed by atoms with Gasteiger partial charge in [-0.3, -0.25) is 0 Å². The molecule has 0 saturated heterocycles. The highest BCUT2D eigenvalue weighted by molar-refractivity contribution is 9.10. The monoisotopic (exact) mass is 484 g/mol. The van der Waals surface area contributed by atoms with Gasteiger partial charge in [-0.05, 0) is 79.0 Å². The molecule has 29 heavy (non-hydrogen) atoms. The standard InChI is InChI=1S/C22H41BrN4OSi/c1-7-8-15-24-21-25-16-19(23)20(27-21)26-17-11-9-13-18(14-10-12-17)28-29(5,6)22(2,3)4/h16-18H,7-15H2,1-6H3,(H2,24,25,26,27). The molecule has 0 amide bonds. The highest BCUT2D eigenvalue weighted by atomic mass is 79.9. The second-order valence-electron chi connectivity index (χ2n) is 9.87. The second-order valence-corrected chi connectivity index (χ2v) is 15.5. The maximum absolute atomic E-state index is 6.70. The second kappa shape index (κ2) is 11.1. The van der Waals surface area contributed by atoms with Crippen LogP contribution in [-0.2, 0) is 4.43 Å². The number of nitrogens with one attached hydrogen (secondary N) is 2. The summed E-state index contributed by atoms with van der Waals surface area (Å²) in [4.78, 5) is 9.06. The minimum absolute atomic E-state index is 0.279. The fourth-order valence-corrected chi connectivity index (χ4v) is 5.18. The summed E-state index contributed by atoms with van der Waals surface area (Å²) >= 11 is 3.60. The summed E-state index contributed by atoms with van der Waals surface area (Å²) in [7, 11) is -1.68. The van der Waals surface area contributed by atoms with Crippen LogP contribution in [0.5, 0.6) is 0 Å². The molecule has 0 radical (unpaired) electrons. The van der Waals surface area contributed by atoms with E-state index in [-0.39, 0.29) is 5.04 Å². The van der Waals surface area contributed by atoms with Crippen molar-refractivity contribution in [3.05, 3.63) is 10.7 Å². The van der Waals surface area contributed by atoms with Gasteiger partial charge in [0, 0.05) is 24.9 Å². The average Bonchev–Trinajstić information content (AvgIpc) is 2.60. The highest BCUT2D eigenvalue weighted by Gasteiger charge is 2.39. The first-order valence-electron chi connectivity index (χ1n) is 11.3. The molecule has 0 atom stereocenters. The maximum atomic E-state index is 6.70. The Labute approximate surface area is 187 Å². The van der Waals surface area contributed by atoms with Gasteiger partial charge in [0.15, 0.2) is 8.32 Å². The lowest BCUT2D eigenvalue weighted by Gasteiger charge is -2.40. The summed E-state index contributed by atoms with van der Waals surface area (Å²) in [6, 6.07) is 0.457. The van der Waals surface area contributed by atoms with Crippen LogP contribution in [0, 0.1) is 0 Å². The van der Waals surface area contributed by atoms with E-state index in [1.165, 1.54) is 25.7 Å². The van der Waals surface area contributed by atoms with Crippen molar-refractivity contribution in [2.75, 3.05) is 17.2 Å². The van der Waals surface area contributed by atoms with Crippen LogP contribution in [0.2, 0.25) is 18.1 Å². The Bertz CT molecular complexity index is 626. The van der Waals surface area contributed by atoms with Crippen LogP contribution >= 0.6 is 15.9 Å². The van der Waals surface area contributed by atoms with Crippen LogP contribution in [0.4, 0.5) is 11.8 Å². The van der Waals surface area contributed by atoms with Crippen molar-refractivity contribution < 1.29 is 4.43 Å². The first kappa shape index (κ1) is 24.6. The number of aromatic nitrogens is 2. The van der Waals surface area contributed by atoms with Crippen molar-refractivity contribution in [1.29, 1.82) is 0 Å². The lowest BCUT2D eigenvalue weighted by Crippen LogP contribution is -2.44. The zero-order valence-electron chi connectivity index (χ0n) is 19.3. The Morgan fingerprint density at radius 2 is 1.83 bits per heavy atom. The molecule has 0 bridgehead atoms. The van der Waals surface area contributed by atoms with E-state index in [4.69, 9.17) is 4.43 Å². The zero-order valence-corrected chi connectivity index (χ0v) is 21.9. The summed E-state index contributed by atoms with van der Waals surface area (Å²) in [6.45, 7) is 14.8. The number of unbranched alkanes of at least 4 members (excludes halogenated alkanes) is 1. The number of nitrogens with zero attached hydrogens (tertiary/aromatic N) is 2. The van der Waals surface area contributed by atoms with Crippen LogP contribution < -0.4 is 10.6 Å². The Morgan fingerprint density at radius 3 is 2.41 bits per heavy atom. The Morgan fingerprint density at radius 1 is 1.17 bits per heavy atom. The predicted molar refractivity (Wildman–Crippen MR) is 130 cm³/mol. The molecule has 1 heterocycles. The van der Waals surface area contributed by atoms with E-state index in [0.717, 1.165) is 42.5 Å². The largest absolute Gasteiger partial charge is 0.414 e. The van der Waals surface area contributed by atoms with Crippen LogP contribution in [0.25, 0.3) is 0 Å². The van der Waals surface area contributed by atoms with Crippen LogP contribution in [-0.4, -0.2) is 37.0 Å². The molecule has 2 N–H and O–H groups in total. The molecule has 0 aromatic carbocycles. The van der Waals surface area contributed by atoms with E-state index in [2.05, 4.69) is 77.3 Å². The van der Waals surface area contributed by atoms with E-state index < -0.39 is 8.32 Å². The highest BCUT2D eigenvalue weighted by Crippen LogP contribution is 2.39. The molecular formula is C22H41BrN4OSi. The lowest BCUT2D eigenvalue weighted by atomic mass is 9.95. The Balaban J connectivity index is 1.89. The molecule has 7 heteroatoms. The number of halogens is 1. The number of rotatable bonds is 8. The third-order valence-corrected chi connectivity index (χ3v) is 11.4. The van der Waals surface area contributed by atoms with Crippen molar-refractivity contribution in [3.63, 3.8) is 0 Å². The molecule has 5 nitrogen and oxygen atoms in total. The van der Waals surface area contributed by atoms with Gasteiger partial charge in [0.25, 0.3) is 0 Å². The predicted octanol–water partition coefficient (Wildman–Crippen LogP) is 6.98. The van der Waals surface area contributed by atoms with Gasteiger partial charge in [0.1, 0.15) is 5.82 Å². The Kier molecular flexibility index (Phi) is 9.42. The smallest absolute Gasteiger partial charge is 0.224 e. The molecule has 2 rings (SSSR count). The summed E-state index contributed by atoms with van der Waals surface area (Å²) in [6.07, 6.45) is 11.6. The zero-order chi connectivity index (χ0) is 21.5. The quantitative estimate of drug-likeness (QED) is 0.307. The topological polar surface area (TPSA) is 59.1 Å². The molecule has 0 unspecified atom stereocenters. The van der Waals surface area contributed by atoms with Gasteiger partial charge in [0.05, 0.1) is 4.47 Å². The van der Waals surface area contributed by atoms with E-state index in [1.54, 1.807) is 0 Å². The third-order valence-electron chi connectivity index (χ3n) is 6.32. The first-order chi connectivity index (χ1) is 13.6. The Hall–Kier alpha value is -0.663. The maximum Gasteiger partial charge on any atom is 0.224 e. The van der Waals surface area contributed by atoms with Crippen molar-refractivity contribution >= 4 is 36.0 Å². The molecule has 1 saturated carbocycles. The third kappa shape index (κ3) is 7.83. The van der Waals surface area contributed by atoms with Crippen LogP contribution in [0.3, 0.4) is 0 Å². The molecule has 1 aromatic rings. The van der Waals surface area contributed by atoms with Crippen molar-refractivity contribution in [2.24, 2.45) is 0 Å². The fraction of sp³-hybridized carbons (Fsp3) is 0.818. The summed E-state index contributed by atoms with van der Waals surface area (Å²) in [5.74, 6) is 1.61. The molecule has 1 aromatic heterocycles. The summed E-state index contributed by atoms with van der Waals surface area (Å²) in [5, 5.41) is 7.26. The van der Waals surface area contributed by atoms with Crippen molar-refractivity contribution in [3.8, 4) is 0 Å². The van der Waals surface area contributed by atoms with Gasteiger partial charge in [-0.25, -0.2) is 4.98 Å². The van der Waals surface area contributed by atoms with Gasteiger partial charge in [-0.15, -0.1) is 0 Å². The molecule has 1 aliphatic rings. The van der Waals surface area contributed by atoms with Gasteiger partial charge in [-0.2, -0.15) is 4.98 Å². The summed E-state index contributed by atoms with van der Waals surface area (Å²) < 4.78 is 7.63. The van der Waals surface area contributed by atoms with E-state index in [9.17, 15) is 0 Å². The minimum Gasteiger partial charge on any atom is -0.414 e.